The molecule has 9 heteroatoms. The van der Waals surface area contributed by atoms with Crippen molar-refractivity contribution in [3.8, 4) is 0 Å². The van der Waals surface area contributed by atoms with E-state index >= 15 is 0 Å². The van der Waals surface area contributed by atoms with Gasteiger partial charge in [-0.3, -0.25) is 9.59 Å². The number of aromatic nitrogens is 3. The van der Waals surface area contributed by atoms with Crippen LogP contribution in [0.15, 0.2) is 6.20 Å². The number of carbonyl (C=O) groups is 2. The summed E-state index contributed by atoms with van der Waals surface area (Å²) in [6.45, 7) is 9.03. The van der Waals surface area contributed by atoms with E-state index in [-0.39, 0.29) is 24.7 Å². The standard InChI is InChI=1S/C18H31N5O4/c1-12(24)15-8-14(25)10-22(15)17(26)16(18(2,3)4)23-9-13(20-21-23)11-27-7-6-19-5/h9,14-16,19,25H,6-8,10-11H2,1-5H3/t14-,15+,16-/m1/s1. The van der Waals surface area contributed by atoms with Crippen molar-refractivity contribution >= 4 is 11.7 Å². The second kappa shape index (κ2) is 8.90. The van der Waals surface area contributed by atoms with E-state index in [1.165, 1.54) is 11.8 Å². The lowest BCUT2D eigenvalue weighted by Crippen LogP contribution is -2.47. The number of hydrogen-bond donors (Lipinski definition) is 2. The molecule has 0 radical (unpaired) electrons. The van der Waals surface area contributed by atoms with Crippen LogP contribution in [0.3, 0.4) is 0 Å². The number of Topliss-reactive ketones (excluding diaryl/α,β-unsaturated/α-hetero) is 1. The SMILES string of the molecule is CNCCOCc1cn([C@H](C(=O)N2C[C@H](O)C[C@H]2C(C)=O)C(C)(C)C)nn1. The molecule has 1 saturated heterocycles. The summed E-state index contributed by atoms with van der Waals surface area (Å²) in [5, 5.41) is 21.2. The molecule has 0 spiro atoms. The summed E-state index contributed by atoms with van der Waals surface area (Å²) in [6.07, 6.45) is 1.30. The average molecular weight is 381 g/mol. The van der Waals surface area contributed by atoms with E-state index in [2.05, 4.69) is 15.6 Å². The summed E-state index contributed by atoms with van der Waals surface area (Å²) in [5.74, 6) is -0.350. The molecule has 2 heterocycles. The van der Waals surface area contributed by atoms with E-state index in [0.29, 0.717) is 18.9 Å². The number of ketones is 1. The highest BCUT2D eigenvalue weighted by Crippen LogP contribution is 2.34. The van der Waals surface area contributed by atoms with Gasteiger partial charge in [0.2, 0.25) is 5.91 Å². The fourth-order valence-corrected chi connectivity index (χ4v) is 3.34. The Balaban J connectivity index is 2.19. The molecule has 2 N–H and O–H groups in total. The molecule has 0 unspecified atom stereocenters. The van der Waals surface area contributed by atoms with Crippen molar-refractivity contribution in [1.29, 1.82) is 0 Å². The number of likely N-dealkylation sites (tertiary alicyclic amines) is 1. The predicted octanol–water partition coefficient (Wildman–Crippen LogP) is 0.152. The molecule has 0 bridgehead atoms. The first-order chi connectivity index (χ1) is 12.6. The lowest BCUT2D eigenvalue weighted by atomic mass is 9.85. The number of ether oxygens (including phenoxy) is 1. The van der Waals surface area contributed by atoms with Crippen molar-refractivity contribution in [3.63, 3.8) is 0 Å². The summed E-state index contributed by atoms with van der Waals surface area (Å²) in [7, 11) is 1.85. The minimum Gasteiger partial charge on any atom is -0.391 e. The van der Waals surface area contributed by atoms with Crippen molar-refractivity contribution < 1.29 is 19.4 Å². The highest BCUT2D eigenvalue weighted by atomic mass is 16.5. The maximum Gasteiger partial charge on any atom is 0.248 e. The van der Waals surface area contributed by atoms with Crippen LogP contribution in [-0.4, -0.2) is 75.6 Å². The van der Waals surface area contributed by atoms with E-state index in [1.807, 2.05) is 27.8 Å². The van der Waals surface area contributed by atoms with Gasteiger partial charge >= 0.3 is 0 Å². The van der Waals surface area contributed by atoms with E-state index in [4.69, 9.17) is 4.74 Å². The average Bonchev–Trinajstić information content (AvgIpc) is 3.17. The van der Waals surface area contributed by atoms with Gasteiger partial charge in [-0.05, 0) is 19.4 Å². The molecule has 9 nitrogen and oxygen atoms in total. The first-order valence-corrected chi connectivity index (χ1v) is 9.27. The van der Waals surface area contributed by atoms with Gasteiger partial charge in [0, 0.05) is 19.5 Å². The third-order valence-corrected chi connectivity index (χ3v) is 4.65. The third kappa shape index (κ3) is 5.33. The Morgan fingerprint density at radius 2 is 2.15 bits per heavy atom. The minimum atomic E-state index is -0.685. The van der Waals surface area contributed by atoms with Gasteiger partial charge in [0.05, 0.1) is 31.6 Å². The van der Waals surface area contributed by atoms with Crippen LogP contribution in [0.4, 0.5) is 0 Å². The van der Waals surface area contributed by atoms with Gasteiger partial charge in [0.15, 0.2) is 5.78 Å². The van der Waals surface area contributed by atoms with Gasteiger partial charge in [0.25, 0.3) is 0 Å². The van der Waals surface area contributed by atoms with Crippen LogP contribution in [0.25, 0.3) is 0 Å². The Labute approximate surface area is 160 Å². The zero-order valence-electron chi connectivity index (χ0n) is 16.8. The van der Waals surface area contributed by atoms with Crippen LogP contribution in [0, 0.1) is 5.41 Å². The number of nitrogens with zero attached hydrogens (tertiary/aromatic N) is 4. The molecule has 27 heavy (non-hydrogen) atoms. The first kappa shape index (κ1) is 21.5. The van der Waals surface area contributed by atoms with Crippen LogP contribution in [-0.2, 0) is 20.9 Å². The summed E-state index contributed by atoms with van der Waals surface area (Å²) in [4.78, 5) is 26.7. The molecule has 2 rings (SSSR count). The molecular weight excluding hydrogens is 350 g/mol. The number of carbonyl (C=O) groups excluding carboxylic acids is 2. The van der Waals surface area contributed by atoms with Crippen molar-refractivity contribution in [2.75, 3.05) is 26.7 Å². The Morgan fingerprint density at radius 3 is 2.74 bits per heavy atom. The van der Waals surface area contributed by atoms with Gasteiger partial charge < -0.3 is 20.1 Å². The lowest BCUT2D eigenvalue weighted by Gasteiger charge is -2.34. The van der Waals surface area contributed by atoms with Crippen LogP contribution >= 0.6 is 0 Å². The molecule has 0 saturated carbocycles. The molecular formula is C18H31N5O4. The number of aliphatic hydroxyl groups excluding tert-OH is 1. The van der Waals surface area contributed by atoms with Crippen molar-refractivity contribution in [2.24, 2.45) is 5.41 Å². The van der Waals surface area contributed by atoms with Crippen LogP contribution < -0.4 is 5.32 Å². The predicted molar refractivity (Wildman–Crippen MR) is 98.9 cm³/mol. The molecule has 1 fully saturated rings. The molecule has 0 aliphatic carbocycles. The third-order valence-electron chi connectivity index (χ3n) is 4.65. The monoisotopic (exact) mass is 381 g/mol. The van der Waals surface area contributed by atoms with Crippen LogP contribution in [0.5, 0.6) is 0 Å². The second-order valence-electron chi connectivity index (χ2n) is 8.12. The topological polar surface area (TPSA) is 110 Å². The molecule has 152 valence electrons. The maximum absolute atomic E-state index is 13.3. The van der Waals surface area contributed by atoms with Gasteiger partial charge in [-0.2, -0.15) is 0 Å². The summed E-state index contributed by atoms with van der Waals surface area (Å²) in [6, 6.07) is -1.23. The Hall–Kier alpha value is -1.84. The Bertz CT molecular complexity index is 654. The van der Waals surface area contributed by atoms with E-state index in [9.17, 15) is 14.7 Å². The van der Waals surface area contributed by atoms with Gasteiger partial charge in [-0.1, -0.05) is 26.0 Å². The minimum absolute atomic E-state index is 0.121. The van der Waals surface area contributed by atoms with E-state index in [0.717, 1.165) is 6.54 Å². The fraction of sp³-hybridized carbons (Fsp3) is 0.778. The largest absolute Gasteiger partial charge is 0.391 e. The van der Waals surface area contributed by atoms with Gasteiger partial charge in [-0.25, -0.2) is 4.68 Å². The number of β-amino-alcohol motifs (C(OH)–C–C–N with tert-alkyl or cyclic N) is 1. The number of amides is 1. The smallest absolute Gasteiger partial charge is 0.248 e. The highest BCUT2D eigenvalue weighted by Gasteiger charge is 2.44. The first-order valence-electron chi connectivity index (χ1n) is 9.27. The van der Waals surface area contributed by atoms with E-state index in [1.54, 1.807) is 10.9 Å². The molecule has 1 amide bonds. The zero-order valence-corrected chi connectivity index (χ0v) is 16.8. The van der Waals surface area contributed by atoms with Crippen molar-refractivity contribution in [1.82, 2.24) is 25.2 Å². The number of hydrogen-bond acceptors (Lipinski definition) is 7. The van der Waals surface area contributed by atoms with Crippen LogP contribution in [0.1, 0.15) is 45.9 Å². The Morgan fingerprint density at radius 1 is 1.44 bits per heavy atom. The zero-order chi connectivity index (χ0) is 20.2. The molecule has 1 aliphatic rings. The normalized spacial score (nSPS) is 21.5. The maximum atomic E-state index is 13.3. The Kier molecular flexibility index (Phi) is 7.07. The van der Waals surface area contributed by atoms with Gasteiger partial charge in [0.1, 0.15) is 11.7 Å². The molecule has 0 aromatic carbocycles. The second-order valence-corrected chi connectivity index (χ2v) is 8.12. The molecule has 3 atom stereocenters. The number of nitrogens with one attached hydrogen (secondary N) is 1. The molecule has 1 aliphatic heterocycles. The van der Waals surface area contributed by atoms with Crippen molar-refractivity contribution in [2.45, 2.75) is 58.9 Å². The van der Waals surface area contributed by atoms with Crippen LogP contribution in [0.2, 0.25) is 0 Å². The molecule has 1 aromatic rings. The number of likely N-dealkylation sites (N-methyl/N-ethyl adjacent to an activating group) is 1. The lowest BCUT2D eigenvalue weighted by molar-refractivity contribution is -0.143. The summed E-state index contributed by atoms with van der Waals surface area (Å²) >= 11 is 0. The summed E-state index contributed by atoms with van der Waals surface area (Å²) < 4.78 is 7.05. The number of rotatable bonds is 8. The van der Waals surface area contributed by atoms with Crippen molar-refractivity contribution in [3.05, 3.63) is 11.9 Å². The van der Waals surface area contributed by atoms with Gasteiger partial charge in [-0.15, -0.1) is 5.10 Å². The van der Waals surface area contributed by atoms with E-state index < -0.39 is 23.6 Å². The fourth-order valence-electron chi connectivity index (χ4n) is 3.34. The highest BCUT2D eigenvalue weighted by molar-refractivity contribution is 5.90. The molecule has 1 aromatic heterocycles. The summed E-state index contributed by atoms with van der Waals surface area (Å²) in [5.41, 5.74) is 0.182. The number of aliphatic hydroxyl groups is 1. The quantitative estimate of drug-likeness (QED) is 0.617.